The highest BCUT2D eigenvalue weighted by Gasteiger charge is 2.25. The third-order valence-electron chi connectivity index (χ3n) is 6.60. The van der Waals surface area contributed by atoms with Crippen molar-refractivity contribution in [1.82, 2.24) is 20.2 Å². The highest BCUT2D eigenvalue weighted by Crippen LogP contribution is 2.27. The first kappa shape index (κ1) is 33.3. The van der Waals surface area contributed by atoms with Crippen LogP contribution in [-0.2, 0) is 32.3 Å². The molecule has 1 atom stereocenters. The number of ether oxygens (including phenoxy) is 1. The summed E-state index contributed by atoms with van der Waals surface area (Å²) >= 11 is 1.20. The average molecular weight is 640 g/mol. The Morgan fingerprint density at radius 3 is 2.46 bits per heavy atom. The van der Waals surface area contributed by atoms with Gasteiger partial charge in [0.25, 0.3) is 11.5 Å². The molecule has 46 heavy (non-hydrogen) atoms. The summed E-state index contributed by atoms with van der Waals surface area (Å²) in [5.41, 5.74) is 1.53. The number of pyridine rings is 1. The normalized spacial score (nSPS) is 11.4. The van der Waals surface area contributed by atoms with Gasteiger partial charge in [0.15, 0.2) is 0 Å². The largest absolute Gasteiger partial charge is 0.458 e. The summed E-state index contributed by atoms with van der Waals surface area (Å²) in [7, 11) is 0. The predicted molar refractivity (Wildman–Crippen MR) is 176 cm³/mol. The zero-order valence-electron chi connectivity index (χ0n) is 25.1. The van der Waals surface area contributed by atoms with E-state index in [-0.39, 0.29) is 31.7 Å². The van der Waals surface area contributed by atoms with E-state index in [1.807, 2.05) is 60.7 Å². The number of rotatable bonds is 14. The van der Waals surface area contributed by atoms with Crippen molar-refractivity contribution in [3.63, 3.8) is 0 Å². The lowest BCUT2D eigenvalue weighted by atomic mass is 10.1. The van der Waals surface area contributed by atoms with Crippen molar-refractivity contribution in [1.29, 1.82) is 0 Å². The summed E-state index contributed by atoms with van der Waals surface area (Å²) in [6.45, 7) is 4.98. The number of nitrogens with one attached hydrogen (secondary N) is 3. The number of amides is 3. The minimum absolute atomic E-state index is 0.0708. The molecule has 236 valence electrons. The van der Waals surface area contributed by atoms with Crippen LogP contribution in [0, 0.1) is 6.92 Å². The number of allylic oxidation sites excluding steroid dienone is 1. The zero-order valence-corrected chi connectivity index (χ0v) is 25.9. The van der Waals surface area contributed by atoms with E-state index in [4.69, 9.17) is 4.74 Å². The van der Waals surface area contributed by atoms with Gasteiger partial charge >= 0.3 is 5.97 Å². The molecule has 3 N–H and O–H groups in total. The molecular weight excluding hydrogens is 606 g/mol. The molecule has 0 radical (unpaired) electrons. The lowest BCUT2D eigenvalue weighted by molar-refractivity contribution is -0.139. The molecule has 0 spiro atoms. The van der Waals surface area contributed by atoms with Crippen molar-refractivity contribution in [3.8, 4) is 10.6 Å². The molecule has 0 aliphatic carbocycles. The standard InChI is InChI=1S/C34H33N5O6S/c1-3-35-28(40)21-39-20-12-18-27(34(39)44)38-31(42)26(17-10-11-19-29(41)45-22-24-13-6-4-7-14-24)37-32(43)30-23(2)36-33(46-30)25-15-8-5-9-16-25/h3-9,11-16,18-20,26H,1,10,17,21-22H2,2H3,(H,35,40)(H,37,43)(H,38,42)/b19-11+. The van der Waals surface area contributed by atoms with Crippen LogP contribution >= 0.6 is 11.3 Å². The van der Waals surface area contributed by atoms with Crippen LogP contribution in [0.5, 0.6) is 0 Å². The SMILES string of the molecule is C=CNC(=O)Cn1cccc(NC(=O)C(CC/C=C/C(=O)OCc2ccccc2)NC(=O)c2sc(-c3ccccc3)nc2C)c1=O. The Labute approximate surface area is 269 Å². The van der Waals surface area contributed by atoms with E-state index in [0.29, 0.717) is 15.6 Å². The molecule has 0 fully saturated rings. The highest BCUT2D eigenvalue weighted by atomic mass is 32.1. The van der Waals surface area contributed by atoms with E-state index in [1.54, 1.807) is 13.0 Å². The number of carbonyl (C=O) groups excluding carboxylic acids is 4. The molecule has 11 nitrogen and oxygen atoms in total. The fraction of sp³-hybridized carbons (Fsp3) is 0.176. The molecule has 4 aromatic rings. The van der Waals surface area contributed by atoms with E-state index < -0.39 is 35.3 Å². The van der Waals surface area contributed by atoms with Crippen LogP contribution in [-0.4, -0.2) is 39.3 Å². The fourth-order valence-corrected chi connectivity index (χ4v) is 5.29. The average Bonchev–Trinajstić information content (AvgIpc) is 3.46. The van der Waals surface area contributed by atoms with Crippen molar-refractivity contribution in [2.45, 2.75) is 39.0 Å². The molecule has 0 aliphatic heterocycles. The molecule has 3 amide bonds. The smallest absolute Gasteiger partial charge is 0.330 e. The number of carbonyl (C=O) groups is 4. The number of benzene rings is 2. The lowest BCUT2D eigenvalue weighted by Crippen LogP contribution is -2.44. The first-order valence-electron chi connectivity index (χ1n) is 14.4. The zero-order chi connectivity index (χ0) is 32.9. The molecule has 4 rings (SSSR count). The molecular formula is C34H33N5O6S. The minimum Gasteiger partial charge on any atom is -0.458 e. The van der Waals surface area contributed by atoms with Gasteiger partial charge in [-0.25, -0.2) is 9.78 Å². The molecule has 2 heterocycles. The number of aromatic nitrogens is 2. The van der Waals surface area contributed by atoms with E-state index in [2.05, 4.69) is 27.5 Å². The Morgan fingerprint density at radius 1 is 1.02 bits per heavy atom. The maximum absolute atomic E-state index is 13.5. The summed E-state index contributed by atoms with van der Waals surface area (Å²) in [6, 6.07) is 20.5. The van der Waals surface area contributed by atoms with Gasteiger partial charge in [0.2, 0.25) is 11.8 Å². The molecule has 0 saturated heterocycles. The van der Waals surface area contributed by atoms with Gasteiger partial charge < -0.3 is 25.3 Å². The van der Waals surface area contributed by atoms with Crippen LogP contribution in [0.2, 0.25) is 0 Å². The van der Waals surface area contributed by atoms with E-state index in [9.17, 15) is 24.0 Å². The number of aryl methyl sites for hydroxylation is 1. The number of nitrogens with zero attached hydrogens (tertiary/aromatic N) is 2. The second-order valence-corrected chi connectivity index (χ2v) is 11.0. The van der Waals surface area contributed by atoms with Crippen LogP contribution < -0.4 is 21.5 Å². The molecule has 0 bridgehead atoms. The van der Waals surface area contributed by atoms with Gasteiger partial charge in [0.05, 0.1) is 5.69 Å². The molecule has 0 aliphatic rings. The predicted octanol–water partition coefficient (Wildman–Crippen LogP) is 4.36. The molecule has 2 aromatic carbocycles. The van der Waals surface area contributed by atoms with Gasteiger partial charge in [-0.15, -0.1) is 11.3 Å². The van der Waals surface area contributed by atoms with Gasteiger partial charge in [-0.1, -0.05) is 73.3 Å². The second-order valence-electron chi connectivity index (χ2n) is 10.0. The van der Waals surface area contributed by atoms with E-state index in [1.165, 1.54) is 41.9 Å². The summed E-state index contributed by atoms with van der Waals surface area (Å²) in [4.78, 5) is 68.9. The molecule has 12 heteroatoms. The van der Waals surface area contributed by atoms with Gasteiger partial charge in [-0.2, -0.15) is 0 Å². The molecule has 1 unspecified atom stereocenters. The maximum atomic E-state index is 13.5. The van der Waals surface area contributed by atoms with Crippen molar-refractivity contribution in [2.24, 2.45) is 0 Å². The third kappa shape index (κ3) is 9.44. The Bertz CT molecular complexity index is 1780. The number of hydrogen-bond donors (Lipinski definition) is 3. The van der Waals surface area contributed by atoms with Crippen molar-refractivity contribution < 1.29 is 23.9 Å². The second kappa shape index (κ2) is 16.5. The quantitative estimate of drug-likeness (QED) is 0.137. The third-order valence-corrected chi connectivity index (χ3v) is 7.81. The first-order chi connectivity index (χ1) is 22.2. The van der Waals surface area contributed by atoms with Crippen LogP contribution in [0.4, 0.5) is 5.69 Å². The maximum Gasteiger partial charge on any atom is 0.330 e. The Balaban J connectivity index is 1.47. The number of anilines is 1. The van der Waals surface area contributed by atoms with Gasteiger partial charge in [-0.3, -0.25) is 19.2 Å². The molecule has 2 aromatic heterocycles. The van der Waals surface area contributed by atoms with Crippen molar-refractivity contribution >= 4 is 40.7 Å². The summed E-state index contributed by atoms with van der Waals surface area (Å²) < 4.78 is 6.39. The number of thiazole rings is 1. The van der Waals surface area contributed by atoms with Crippen LogP contribution in [0.25, 0.3) is 10.6 Å². The van der Waals surface area contributed by atoms with Crippen molar-refractivity contribution in [2.75, 3.05) is 5.32 Å². The number of esters is 1. The van der Waals surface area contributed by atoms with Crippen LogP contribution in [0.15, 0.2) is 109 Å². The van der Waals surface area contributed by atoms with Crippen LogP contribution in [0.3, 0.4) is 0 Å². The summed E-state index contributed by atoms with van der Waals surface area (Å²) in [5, 5.41) is 8.39. The molecule has 0 saturated carbocycles. The monoisotopic (exact) mass is 639 g/mol. The topological polar surface area (TPSA) is 148 Å². The first-order valence-corrected chi connectivity index (χ1v) is 15.2. The Kier molecular flexibility index (Phi) is 11.9. The Morgan fingerprint density at radius 2 is 1.74 bits per heavy atom. The van der Waals surface area contributed by atoms with E-state index >= 15 is 0 Å². The van der Waals surface area contributed by atoms with Gasteiger partial charge in [0.1, 0.15) is 34.8 Å². The fourth-order valence-electron chi connectivity index (χ4n) is 4.31. The van der Waals surface area contributed by atoms with Gasteiger partial charge in [0, 0.05) is 17.8 Å². The summed E-state index contributed by atoms with van der Waals surface area (Å²) in [6.07, 6.45) is 5.78. The van der Waals surface area contributed by atoms with Crippen LogP contribution in [0.1, 0.15) is 33.8 Å². The minimum atomic E-state index is -1.09. The summed E-state index contributed by atoms with van der Waals surface area (Å²) in [5.74, 6) is -2.16. The lowest BCUT2D eigenvalue weighted by Gasteiger charge is -2.18. The Hall–Kier alpha value is -5.62. The van der Waals surface area contributed by atoms with E-state index in [0.717, 1.165) is 15.7 Å². The van der Waals surface area contributed by atoms with Crippen molar-refractivity contribution in [3.05, 3.63) is 130 Å². The van der Waals surface area contributed by atoms with Gasteiger partial charge in [-0.05, 0) is 43.7 Å². The highest BCUT2D eigenvalue weighted by molar-refractivity contribution is 7.17. The number of hydrogen-bond acceptors (Lipinski definition) is 8.